The van der Waals surface area contributed by atoms with Gasteiger partial charge in [0.25, 0.3) is 5.91 Å². The molecule has 0 saturated carbocycles. The number of carbonyl (C=O) groups excluding carboxylic acids is 2. The lowest BCUT2D eigenvalue weighted by Crippen LogP contribution is -2.39. The minimum Gasteiger partial charge on any atom is -0.355 e. The molecule has 0 radical (unpaired) electrons. The highest BCUT2D eigenvalue weighted by molar-refractivity contribution is 5.94. The average Bonchev–Trinajstić information content (AvgIpc) is 2.45. The Labute approximate surface area is 138 Å². The summed E-state index contributed by atoms with van der Waals surface area (Å²) in [7, 11) is 3.45. The van der Waals surface area contributed by atoms with Crippen LogP contribution in [0.4, 0.5) is 0 Å². The van der Waals surface area contributed by atoms with Crippen molar-refractivity contribution < 1.29 is 9.59 Å². The van der Waals surface area contributed by atoms with E-state index in [0.717, 1.165) is 5.56 Å². The Hall–Kier alpha value is -1.59. The van der Waals surface area contributed by atoms with Gasteiger partial charge in [0.2, 0.25) is 5.91 Å². The summed E-state index contributed by atoms with van der Waals surface area (Å²) in [4.78, 5) is 25.2. The second-order valence-electron chi connectivity index (χ2n) is 5.59. The maximum absolute atomic E-state index is 11.9. The molecule has 0 aromatic heterocycles. The van der Waals surface area contributed by atoms with Gasteiger partial charge >= 0.3 is 0 Å². The van der Waals surface area contributed by atoms with E-state index in [1.165, 1.54) is 0 Å². The molecule has 1 rings (SSSR count). The van der Waals surface area contributed by atoms with Crippen LogP contribution in [0.15, 0.2) is 24.3 Å². The summed E-state index contributed by atoms with van der Waals surface area (Å²) >= 11 is 0. The van der Waals surface area contributed by atoms with Crippen molar-refractivity contribution in [2.45, 2.75) is 26.3 Å². The van der Waals surface area contributed by atoms with E-state index in [1.54, 1.807) is 25.1 Å². The highest BCUT2D eigenvalue weighted by Gasteiger charge is 2.16. The fourth-order valence-electron chi connectivity index (χ4n) is 1.85. The van der Waals surface area contributed by atoms with Crippen molar-refractivity contribution in [1.29, 1.82) is 0 Å². The summed E-state index contributed by atoms with van der Waals surface area (Å²) < 4.78 is 0. The Morgan fingerprint density at radius 3 is 2.45 bits per heavy atom. The van der Waals surface area contributed by atoms with Crippen LogP contribution >= 0.6 is 12.4 Å². The van der Waals surface area contributed by atoms with Crippen LogP contribution in [-0.4, -0.2) is 43.4 Å². The number of amides is 2. The third kappa shape index (κ3) is 6.03. The predicted octanol–water partition coefficient (Wildman–Crippen LogP) is 1.45. The molecule has 0 heterocycles. The number of nitrogens with one attached hydrogen (secondary N) is 1. The molecule has 0 bridgehead atoms. The molecule has 3 N–H and O–H groups in total. The van der Waals surface area contributed by atoms with Crippen LogP contribution in [0.5, 0.6) is 0 Å². The monoisotopic (exact) mass is 327 g/mol. The second-order valence-corrected chi connectivity index (χ2v) is 5.59. The minimum absolute atomic E-state index is 0. The van der Waals surface area contributed by atoms with Gasteiger partial charge in [0.1, 0.15) is 0 Å². The maximum Gasteiger partial charge on any atom is 0.253 e. The lowest BCUT2D eigenvalue weighted by molar-refractivity contribution is -0.124. The predicted molar refractivity (Wildman–Crippen MR) is 91.2 cm³/mol. The second kappa shape index (κ2) is 9.43. The fourth-order valence-corrected chi connectivity index (χ4v) is 1.85. The molecular weight excluding hydrogens is 302 g/mol. The van der Waals surface area contributed by atoms with Gasteiger partial charge in [0.15, 0.2) is 0 Å². The van der Waals surface area contributed by atoms with Gasteiger partial charge in [0.05, 0.1) is 0 Å². The van der Waals surface area contributed by atoms with Crippen molar-refractivity contribution in [1.82, 2.24) is 10.2 Å². The number of carbonyl (C=O) groups is 2. The van der Waals surface area contributed by atoms with Crippen molar-refractivity contribution in [2.24, 2.45) is 11.7 Å². The standard InChI is InChI=1S/C16H25N3O2.ClH/c1-11(12(2)17)15(20)18-9-8-13-6-5-7-14(10-13)16(21)19(3)4;/h5-7,10-12H,8-9,17H2,1-4H3,(H,18,20);1H. The molecule has 5 nitrogen and oxygen atoms in total. The molecule has 1 aromatic rings. The Bertz CT molecular complexity index is 504. The van der Waals surface area contributed by atoms with Crippen molar-refractivity contribution in [3.63, 3.8) is 0 Å². The number of hydrogen-bond donors (Lipinski definition) is 2. The van der Waals surface area contributed by atoms with E-state index in [9.17, 15) is 9.59 Å². The number of hydrogen-bond acceptors (Lipinski definition) is 3. The smallest absolute Gasteiger partial charge is 0.253 e. The molecule has 124 valence electrons. The van der Waals surface area contributed by atoms with Crippen LogP contribution in [-0.2, 0) is 11.2 Å². The van der Waals surface area contributed by atoms with Crippen molar-refractivity contribution in [3.05, 3.63) is 35.4 Å². The number of nitrogens with zero attached hydrogens (tertiary/aromatic N) is 1. The van der Waals surface area contributed by atoms with E-state index in [4.69, 9.17) is 5.73 Å². The Morgan fingerprint density at radius 2 is 1.91 bits per heavy atom. The van der Waals surface area contributed by atoms with E-state index in [-0.39, 0.29) is 36.2 Å². The first-order valence-electron chi connectivity index (χ1n) is 7.16. The van der Waals surface area contributed by atoms with E-state index in [0.29, 0.717) is 18.5 Å². The van der Waals surface area contributed by atoms with Crippen LogP contribution in [0.1, 0.15) is 29.8 Å². The third-order valence-electron chi connectivity index (χ3n) is 3.50. The molecular formula is C16H26ClN3O2. The van der Waals surface area contributed by atoms with Crippen LogP contribution in [0, 0.1) is 5.92 Å². The summed E-state index contributed by atoms with van der Waals surface area (Å²) in [5.41, 5.74) is 7.38. The molecule has 0 fully saturated rings. The lowest BCUT2D eigenvalue weighted by atomic mass is 10.0. The summed E-state index contributed by atoms with van der Waals surface area (Å²) in [6, 6.07) is 7.31. The van der Waals surface area contributed by atoms with Crippen LogP contribution in [0.25, 0.3) is 0 Å². The summed E-state index contributed by atoms with van der Waals surface area (Å²) in [5, 5.41) is 2.87. The van der Waals surface area contributed by atoms with Gasteiger partial charge in [-0.15, -0.1) is 12.4 Å². The quantitative estimate of drug-likeness (QED) is 0.830. The number of halogens is 1. The van der Waals surface area contributed by atoms with Crippen molar-refractivity contribution in [2.75, 3.05) is 20.6 Å². The SMILES string of the molecule is CC(N)C(C)C(=O)NCCc1cccc(C(=O)N(C)C)c1.Cl. The molecule has 0 saturated heterocycles. The molecule has 22 heavy (non-hydrogen) atoms. The third-order valence-corrected chi connectivity index (χ3v) is 3.50. The number of nitrogens with two attached hydrogens (primary N) is 1. The Morgan fingerprint density at radius 1 is 1.27 bits per heavy atom. The molecule has 2 unspecified atom stereocenters. The summed E-state index contributed by atoms with van der Waals surface area (Å²) in [6.45, 7) is 4.17. The Kier molecular flexibility index (Phi) is 8.75. The molecule has 2 atom stereocenters. The van der Waals surface area contributed by atoms with E-state index in [2.05, 4.69) is 5.32 Å². The maximum atomic E-state index is 11.9. The van der Waals surface area contributed by atoms with Gasteiger partial charge < -0.3 is 16.0 Å². The van der Waals surface area contributed by atoms with Crippen molar-refractivity contribution in [3.8, 4) is 0 Å². The zero-order valence-electron chi connectivity index (χ0n) is 13.6. The van der Waals surface area contributed by atoms with Gasteiger partial charge in [-0.05, 0) is 31.0 Å². The van der Waals surface area contributed by atoms with E-state index < -0.39 is 0 Å². The van der Waals surface area contributed by atoms with Gasteiger partial charge in [-0.3, -0.25) is 9.59 Å². The first-order valence-corrected chi connectivity index (χ1v) is 7.16. The minimum atomic E-state index is -0.202. The number of rotatable bonds is 6. The zero-order chi connectivity index (χ0) is 16.0. The highest BCUT2D eigenvalue weighted by atomic mass is 35.5. The van der Waals surface area contributed by atoms with Gasteiger partial charge in [0, 0.05) is 38.2 Å². The molecule has 0 aliphatic rings. The van der Waals surface area contributed by atoms with Gasteiger partial charge in [-0.2, -0.15) is 0 Å². The van der Waals surface area contributed by atoms with Crippen LogP contribution in [0.3, 0.4) is 0 Å². The van der Waals surface area contributed by atoms with Gasteiger partial charge in [-0.1, -0.05) is 19.1 Å². The van der Waals surface area contributed by atoms with Crippen LogP contribution < -0.4 is 11.1 Å². The topological polar surface area (TPSA) is 75.4 Å². The normalized spacial score (nSPS) is 12.8. The molecule has 2 amide bonds. The molecule has 0 spiro atoms. The first-order chi connectivity index (χ1) is 9.82. The molecule has 0 aliphatic carbocycles. The number of benzene rings is 1. The molecule has 0 aliphatic heterocycles. The zero-order valence-corrected chi connectivity index (χ0v) is 14.4. The largest absolute Gasteiger partial charge is 0.355 e. The van der Waals surface area contributed by atoms with Crippen molar-refractivity contribution >= 4 is 24.2 Å². The average molecular weight is 328 g/mol. The molecule has 6 heteroatoms. The van der Waals surface area contributed by atoms with E-state index >= 15 is 0 Å². The molecule has 1 aromatic carbocycles. The van der Waals surface area contributed by atoms with Crippen LogP contribution in [0.2, 0.25) is 0 Å². The van der Waals surface area contributed by atoms with E-state index in [1.807, 2.05) is 32.0 Å². The fraction of sp³-hybridized carbons (Fsp3) is 0.500. The van der Waals surface area contributed by atoms with Gasteiger partial charge in [-0.25, -0.2) is 0 Å². The summed E-state index contributed by atoms with van der Waals surface area (Å²) in [6.07, 6.45) is 0.686. The summed E-state index contributed by atoms with van der Waals surface area (Å²) in [5.74, 6) is -0.261. The first kappa shape index (κ1) is 20.4. The highest BCUT2D eigenvalue weighted by Crippen LogP contribution is 2.08. The lowest BCUT2D eigenvalue weighted by Gasteiger charge is -2.15. The Balaban J connectivity index is 0.00000441.